The molecule has 2 aliphatic carbocycles. The Labute approximate surface area is 108 Å². The van der Waals surface area contributed by atoms with E-state index in [4.69, 9.17) is 5.11 Å². The molecule has 5 nitrogen and oxygen atoms in total. The van der Waals surface area contributed by atoms with E-state index in [0.29, 0.717) is 5.92 Å². The van der Waals surface area contributed by atoms with E-state index >= 15 is 0 Å². The van der Waals surface area contributed by atoms with E-state index in [1.54, 1.807) is 11.9 Å². The summed E-state index contributed by atoms with van der Waals surface area (Å²) in [5.74, 6) is -0.325. The van der Waals surface area contributed by atoms with Crippen LogP contribution in [0, 0.1) is 5.92 Å². The summed E-state index contributed by atoms with van der Waals surface area (Å²) >= 11 is 0. The Morgan fingerprint density at radius 3 is 2.28 bits per heavy atom. The molecule has 2 amide bonds. The van der Waals surface area contributed by atoms with Crippen molar-refractivity contribution in [1.29, 1.82) is 0 Å². The van der Waals surface area contributed by atoms with E-state index < -0.39 is 5.97 Å². The Balaban J connectivity index is 1.87. The van der Waals surface area contributed by atoms with Crippen LogP contribution in [-0.4, -0.2) is 53.1 Å². The zero-order valence-corrected chi connectivity index (χ0v) is 11.0. The van der Waals surface area contributed by atoms with Crippen molar-refractivity contribution in [2.45, 2.75) is 44.6 Å². The number of rotatable bonds is 5. The smallest absolute Gasteiger partial charge is 0.323 e. The Morgan fingerprint density at radius 1 is 1.17 bits per heavy atom. The van der Waals surface area contributed by atoms with Crippen molar-refractivity contribution < 1.29 is 14.7 Å². The average molecular weight is 254 g/mol. The third-order valence-corrected chi connectivity index (χ3v) is 3.87. The minimum absolute atomic E-state index is 0.119. The maximum absolute atomic E-state index is 12.2. The molecule has 5 heteroatoms. The number of hydrogen-bond donors (Lipinski definition) is 1. The van der Waals surface area contributed by atoms with Gasteiger partial charge in [-0.1, -0.05) is 12.8 Å². The van der Waals surface area contributed by atoms with E-state index in [1.807, 2.05) is 0 Å². The van der Waals surface area contributed by atoms with Crippen LogP contribution in [0.15, 0.2) is 0 Å². The predicted octanol–water partition coefficient (Wildman–Crippen LogP) is 1.78. The molecule has 0 aliphatic heterocycles. The van der Waals surface area contributed by atoms with Gasteiger partial charge in [-0.3, -0.25) is 4.79 Å². The zero-order valence-electron chi connectivity index (χ0n) is 11.0. The highest BCUT2D eigenvalue weighted by Gasteiger charge is 2.35. The fourth-order valence-corrected chi connectivity index (χ4v) is 2.76. The SMILES string of the molecule is CN(CC1CCCC1)C(=O)N(CC(=O)O)C1CC1. The van der Waals surface area contributed by atoms with Gasteiger partial charge in [0.2, 0.25) is 0 Å². The van der Waals surface area contributed by atoms with Crippen LogP contribution in [0.4, 0.5) is 4.79 Å². The number of nitrogens with zero attached hydrogens (tertiary/aromatic N) is 2. The summed E-state index contributed by atoms with van der Waals surface area (Å²) in [6.07, 6.45) is 6.79. The monoisotopic (exact) mass is 254 g/mol. The third-order valence-electron chi connectivity index (χ3n) is 3.87. The van der Waals surface area contributed by atoms with Gasteiger partial charge < -0.3 is 14.9 Å². The van der Waals surface area contributed by atoms with Gasteiger partial charge in [-0.15, -0.1) is 0 Å². The van der Waals surface area contributed by atoms with Crippen LogP contribution < -0.4 is 0 Å². The summed E-state index contributed by atoms with van der Waals surface area (Å²) < 4.78 is 0. The first-order valence-electron chi connectivity index (χ1n) is 6.81. The molecule has 0 saturated heterocycles. The molecule has 2 fully saturated rings. The van der Waals surface area contributed by atoms with Crippen molar-refractivity contribution in [3.05, 3.63) is 0 Å². The van der Waals surface area contributed by atoms with Gasteiger partial charge >= 0.3 is 12.0 Å². The van der Waals surface area contributed by atoms with Crippen LogP contribution in [0.25, 0.3) is 0 Å². The normalized spacial score (nSPS) is 19.8. The topological polar surface area (TPSA) is 60.9 Å². The maximum Gasteiger partial charge on any atom is 0.323 e. The molecule has 0 unspecified atom stereocenters. The third kappa shape index (κ3) is 3.37. The first-order valence-corrected chi connectivity index (χ1v) is 6.81. The molecule has 18 heavy (non-hydrogen) atoms. The highest BCUT2D eigenvalue weighted by Crippen LogP contribution is 2.29. The lowest BCUT2D eigenvalue weighted by Gasteiger charge is -2.28. The summed E-state index contributed by atoms with van der Waals surface area (Å²) in [7, 11) is 1.79. The van der Waals surface area contributed by atoms with Gasteiger partial charge in [-0.05, 0) is 31.6 Å². The van der Waals surface area contributed by atoms with E-state index in [2.05, 4.69) is 0 Å². The summed E-state index contributed by atoms with van der Waals surface area (Å²) in [5.41, 5.74) is 0. The Bertz CT molecular complexity index is 322. The largest absolute Gasteiger partial charge is 0.480 e. The molecular weight excluding hydrogens is 232 g/mol. The summed E-state index contributed by atoms with van der Waals surface area (Å²) in [6.45, 7) is 0.597. The molecule has 0 aromatic carbocycles. The molecule has 0 bridgehead atoms. The second kappa shape index (κ2) is 5.59. The Morgan fingerprint density at radius 2 is 1.78 bits per heavy atom. The number of aliphatic carboxylic acids is 1. The fourth-order valence-electron chi connectivity index (χ4n) is 2.76. The Hall–Kier alpha value is -1.26. The predicted molar refractivity (Wildman–Crippen MR) is 67.3 cm³/mol. The van der Waals surface area contributed by atoms with Crippen molar-refractivity contribution in [2.24, 2.45) is 5.92 Å². The lowest BCUT2D eigenvalue weighted by molar-refractivity contribution is -0.137. The molecule has 0 aromatic heterocycles. The van der Waals surface area contributed by atoms with Crippen LogP contribution in [0.5, 0.6) is 0 Å². The molecule has 2 saturated carbocycles. The number of carboxylic acid groups (broad SMARTS) is 1. The number of urea groups is 1. The first kappa shape index (κ1) is 13.2. The van der Waals surface area contributed by atoms with E-state index in [0.717, 1.165) is 19.4 Å². The van der Waals surface area contributed by atoms with Crippen LogP contribution in [0.2, 0.25) is 0 Å². The molecule has 0 heterocycles. The second-order valence-corrected chi connectivity index (χ2v) is 5.57. The lowest BCUT2D eigenvalue weighted by atomic mass is 10.1. The van der Waals surface area contributed by atoms with E-state index in [9.17, 15) is 9.59 Å². The second-order valence-electron chi connectivity index (χ2n) is 5.57. The fraction of sp³-hybridized carbons (Fsp3) is 0.846. The van der Waals surface area contributed by atoms with E-state index in [-0.39, 0.29) is 18.6 Å². The zero-order chi connectivity index (χ0) is 13.1. The summed E-state index contributed by atoms with van der Waals surface area (Å²) in [4.78, 5) is 26.3. The molecule has 102 valence electrons. The summed E-state index contributed by atoms with van der Waals surface area (Å²) in [6, 6.07) is 0.0337. The lowest BCUT2D eigenvalue weighted by Crippen LogP contribution is -2.46. The Kier molecular flexibility index (Phi) is 4.09. The number of hydrogen-bond acceptors (Lipinski definition) is 2. The van der Waals surface area contributed by atoms with E-state index in [1.165, 1.54) is 30.6 Å². The van der Waals surface area contributed by atoms with Gasteiger partial charge in [0.15, 0.2) is 0 Å². The molecule has 1 N–H and O–H groups in total. The molecule has 0 spiro atoms. The highest BCUT2D eigenvalue weighted by molar-refractivity contribution is 5.80. The van der Waals surface area contributed by atoms with Gasteiger partial charge in [-0.2, -0.15) is 0 Å². The van der Waals surface area contributed by atoms with Crippen molar-refractivity contribution in [3.8, 4) is 0 Å². The van der Waals surface area contributed by atoms with Crippen molar-refractivity contribution >= 4 is 12.0 Å². The maximum atomic E-state index is 12.2. The number of amides is 2. The van der Waals surface area contributed by atoms with Gasteiger partial charge in [0.1, 0.15) is 6.54 Å². The number of carboxylic acids is 1. The standard InChI is InChI=1S/C13H22N2O3/c1-14(8-10-4-2-3-5-10)13(18)15(9-12(16)17)11-6-7-11/h10-11H,2-9H2,1H3,(H,16,17). The molecular formula is C13H22N2O3. The highest BCUT2D eigenvalue weighted by atomic mass is 16.4. The quantitative estimate of drug-likeness (QED) is 0.813. The minimum atomic E-state index is -0.926. The van der Waals surface area contributed by atoms with Crippen LogP contribution >= 0.6 is 0 Å². The van der Waals surface area contributed by atoms with Crippen LogP contribution in [-0.2, 0) is 4.79 Å². The average Bonchev–Trinajstić information content (AvgIpc) is 3.04. The van der Waals surface area contributed by atoms with Gasteiger partial charge in [0.25, 0.3) is 0 Å². The molecule has 0 aromatic rings. The van der Waals surface area contributed by atoms with Crippen LogP contribution in [0.1, 0.15) is 38.5 Å². The number of carbonyl (C=O) groups is 2. The first-order chi connectivity index (χ1) is 8.58. The molecule has 0 atom stereocenters. The molecule has 2 rings (SSSR count). The van der Waals surface area contributed by atoms with Crippen molar-refractivity contribution in [3.63, 3.8) is 0 Å². The van der Waals surface area contributed by atoms with Crippen molar-refractivity contribution in [2.75, 3.05) is 20.1 Å². The van der Waals surface area contributed by atoms with Gasteiger partial charge in [0.05, 0.1) is 0 Å². The minimum Gasteiger partial charge on any atom is -0.480 e. The molecule has 2 aliphatic rings. The number of carbonyl (C=O) groups excluding carboxylic acids is 1. The van der Waals surface area contributed by atoms with Crippen LogP contribution in [0.3, 0.4) is 0 Å². The van der Waals surface area contributed by atoms with Gasteiger partial charge in [0, 0.05) is 19.6 Å². The molecule has 0 radical (unpaired) electrons. The van der Waals surface area contributed by atoms with Gasteiger partial charge in [-0.25, -0.2) is 4.79 Å². The summed E-state index contributed by atoms with van der Waals surface area (Å²) in [5, 5.41) is 8.86. The van der Waals surface area contributed by atoms with Crippen molar-refractivity contribution in [1.82, 2.24) is 9.80 Å².